The minimum Gasteiger partial charge on any atom is -0.506 e. The van der Waals surface area contributed by atoms with Crippen LogP contribution in [0.15, 0.2) is 77.7 Å². The van der Waals surface area contributed by atoms with E-state index in [2.05, 4.69) is 15.0 Å². The largest absolute Gasteiger partial charge is 0.506 e. The molecule has 7 nitrogen and oxygen atoms in total. The molecule has 152 valence electrons. The van der Waals surface area contributed by atoms with Crippen LogP contribution in [0.2, 0.25) is 5.02 Å². The highest BCUT2D eigenvalue weighted by molar-refractivity contribution is 7.92. The molecule has 3 aromatic carbocycles. The fourth-order valence-corrected chi connectivity index (χ4v) is 4.13. The van der Waals surface area contributed by atoms with Gasteiger partial charge in [-0.25, -0.2) is 8.42 Å². The van der Waals surface area contributed by atoms with Gasteiger partial charge in [-0.05, 0) is 54.6 Å². The number of phenolic OH excluding ortho intramolecular Hbond substituents is 1. The maximum absolute atomic E-state index is 12.5. The van der Waals surface area contributed by atoms with Crippen molar-refractivity contribution in [2.45, 2.75) is 4.90 Å². The molecule has 1 aromatic heterocycles. The molecular weight excluding hydrogens is 426 g/mol. The number of para-hydroxylation sites is 1. The van der Waals surface area contributed by atoms with Crippen molar-refractivity contribution >= 4 is 49.8 Å². The predicted octanol–water partition coefficient (Wildman–Crippen LogP) is 4.58. The van der Waals surface area contributed by atoms with E-state index in [1.165, 1.54) is 42.5 Å². The molecule has 0 aliphatic heterocycles. The number of benzene rings is 3. The van der Waals surface area contributed by atoms with E-state index in [9.17, 15) is 18.3 Å². The van der Waals surface area contributed by atoms with E-state index in [0.29, 0.717) is 11.4 Å². The first-order chi connectivity index (χ1) is 14.3. The van der Waals surface area contributed by atoms with Gasteiger partial charge in [-0.2, -0.15) is 0 Å². The van der Waals surface area contributed by atoms with Crippen molar-refractivity contribution in [2.24, 2.45) is 0 Å². The Balaban J connectivity index is 1.48. The maximum Gasteiger partial charge on any atom is 0.272 e. The number of aromatic hydroxyl groups is 1. The van der Waals surface area contributed by atoms with E-state index in [1.807, 2.05) is 24.3 Å². The van der Waals surface area contributed by atoms with E-state index in [-0.39, 0.29) is 27.3 Å². The van der Waals surface area contributed by atoms with E-state index in [1.54, 1.807) is 6.07 Å². The van der Waals surface area contributed by atoms with Crippen LogP contribution in [0.5, 0.6) is 5.75 Å². The minimum atomic E-state index is -3.87. The Bertz CT molecular complexity index is 1320. The van der Waals surface area contributed by atoms with E-state index >= 15 is 0 Å². The summed E-state index contributed by atoms with van der Waals surface area (Å²) in [6.45, 7) is 0. The van der Waals surface area contributed by atoms with Crippen LogP contribution in [0.25, 0.3) is 10.9 Å². The monoisotopic (exact) mass is 441 g/mol. The number of anilines is 2. The molecule has 0 saturated carbocycles. The predicted molar refractivity (Wildman–Crippen MR) is 117 cm³/mol. The molecule has 0 saturated heterocycles. The lowest BCUT2D eigenvalue weighted by atomic mass is 10.2. The van der Waals surface area contributed by atoms with Gasteiger partial charge in [0.05, 0.1) is 15.6 Å². The summed E-state index contributed by atoms with van der Waals surface area (Å²) in [5.41, 5.74) is 1.92. The normalized spacial score (nSPS) is 11.4. The molecule has 0 aliphatic carbocycles. The summed E-state index contributed by atoms with van der Waals surface area (Å²) in [5, 5.41) is 13.1. The van der Waals surface area contributed by atoms with Crippen LogP contribution in [0, 0.1) is 0 Å². The Morgan fingerprint density at radius 2 is 1.63 bits per heavy atom. The summed E-state index contributed by atoms with van der Waals surface area (Å²) in [6, 6.07) is 19.0. The van der Waals surface area contributed by atoms with Crippen molar-refractivity contribution in [3.05, 3.63) is 83.5 Å². The van der Waals surface area contributed by atoms with Crippen molar-refractivity contribution in [1.82, 2.24) is 4.98 Å². The van der Waals surface area contributed by atoms with Crippen LogP contribution in [0.4, 0.5) is 11.4 Å². The molecule has 1 heterocycles. The quantitative estimate of drug-likeness (QED) is 0.339. The standard InChI is InChI=1S/C21H16ClN3O4S/c22-17-12-15(7-10-20(17)26)25-30(28,29)16-8-5-14(6-9-16)23-21(27)19-11-13-3-1-2-4-18(13)24-19/h1-12,24-26H,(H,23,27). The molecule has 4 N–H and O–H groups in total. The van der Waals surface area contributed by atoms with Crippen LogP contribution < -0.4 is 10.0 Å². The Labute approximate surface area is 177 Å². The number of fused-ring (bicyclic) bond motifs is 1. The Morgan fingerprint density at radius 3 is 2.33 bits per heavy atom. The van der Waals surface area contributed by atoms with Gasteiger partial charge in [0.15, 0.2) is 0 Å². The number of aromatic amines is 1. The van der Waals surface area contributed by atoms with Crippen LogP contribution in [0.3, 0.4) is 0 Å². The van der Waals surface area contributed by atoms with Gasteiger partial charge in [0.1, 0.15) is 11.4 Å². The number of carbonyl (C=O) groups excluding carboxylic acids is 1. The highest BCUT2D eigenvalue weighted by atomic mass is 35.5. The number of aromatic nitrogens is 1. The van der Waals surface area contributed by atoms with E-state index < -0.39 is 10.0 Å². The second-order valence-electron chi connectivity index (χ2n) is 6.52. The number of H-pyrrole nitrogens is 1. The van der Waals surface area contributed by atoms with Crippen molar-refractivity contribution in [3.63, 3.8) is 0 Å². The third-order valence-electron chi connectivity index (χ3n) is 4.40. The SMILES string of the molecule is O=C(Nc1ccc(S(=O)(=O)Nc2ccc(O)c(Cl)c2)cc1)c1cc2ccccc2[nH]1. The number of amides is 1. The molecule has 0 atom stereocenters. The van der Waals surface area contributed by atoms with Crippen LogP contribution in [0.1, 0.15) is 10.5 Å². The Morgan fingerprint density at radius 1 is 0.933 bits per heavy atom. The molecule has 0 unspecified atom stereocenters. The van der Waals surface area contributed by atoms with Gasteiger partial charge in [-0.3, -0.25) is 9.52 Å². The highest BCUT2D eigenvalue weighted by Crippen LogP contribution is 2.27. The third-order valence-corrected chi connectivity index (χ3v) is 6.10. The number of hydrogen-bond acceptors (Lipinski definition) is 4. The molecule has 4 rings (SSSR count). The molecule has 0 spiro atoms. The van der Waals surface area contributed by atoms with Gasteiger partial charge in [0.25, 0.3) is 15.9 Å². The topological polar surface area (TPSA) is 111 Å². The summed E-state index contributed by atoms with van der Waals surface area (Å²) in [6.07, 6.45) is 0. The number of hydrogen-bond donors (Lipinski definition) is 4. The number of sulfonamides is 1. The van der Waals surface area contributed by atoms with Crippen molar-refractivity contribution in [2.75, 3.05) is 10.0 Å². The molecule has 0 fully saturated rings. The highest BCUT2D eigenvalue weighted by Gasteiger charge is 2.16. The summed E-state index contributed by atoms with van der Waals surface area (Å²) < 4.78 is 27.5. The average molecular weight is 442 g/mol. The fraction of sp³-hybridized carbons (Fsp3) is 0. The van der Waals surface area contributed by atoms with Gasteiger partial charge >= 0.3 is 0 Å². The van der Waals surface area contributed by atoms with Gasteiger partial charge in [0, 0.05) is 16.6 Å². The number of carbonyl (C=O) groups is 1. The number of rotatable bonds is 5. The first-order valence-corrected chi connectivity index (χ1v) is 10.7. The summed E-state index contributed by atoms with van der Waals surface area (Å²) in [5.74, 6) is -0.478. The lowest BCUT2D eigenvalue weighted by molar-refractivity contribution is 0.102. The van der Waals surface area contributed by atoms with Crippen molar-refractivity contribution in [1.29, 1.82) is 0 Å². The summed E-state index contributed by atoms with van der Waals surface area (Å²) in [4.78, 5) is 15.5. The minimum absolute atomic E-state index is 0.00954. The smallest absolute Gasteiger partial charge is 0.272 e. The van der Waals surface area contributed by atoms with Crippen molar-refractivity contribution in [3.8, 4) is 5.75 Å². The van der Waals surface area contributed by atoms with E-state index in [0.717, 1.165) is 10.9 Å². The molecular formula is C21H16ClN3O4S. The number of phenols is 1. The average Bonchev–Trinajstić information content (AvgIpc) is 3.15. The van der Waals surface area contributed by atoms with Gasteiger partial charge in [-0.15, -0.1) is 0 Å². The van der Waals surface area contributed by atoms with Crippen LogP contribution in [-0.4, -0.2) is 24.4 Å². The van der Waals surface area contributed by atoms with Crippen LogP contribution in [-0.2, 0) is 10.0 Å². The Kier molecular flexibility index (Phi) is 5.11. The second-order valence-corrected chi connectivity index (χ2v) is 8.61. The fourth-order valence-electron chi connectivity index (χ4n) is 2.90. The first kappa shape index (κ1) is 19.8. The zero-order valence-corrected chi connectivity index (χ0v) is 17.0. The summed E-state index contributed by atoms with van der Waals surface area (Å²) >= 11 is 5.81. The van der Waals surface area contributed by atoms with Gasteiger partial charge in [-0.1, -0.05) is 29.8 Å². The lowest BCUT2D eigenvalue weighted by Gasteiger charge is -2.10. The molecule has 30 heavy (non-hydrogen) atoms. The van der Waals surface area contributed by atoms with Crippen molar-refractivity contribution < 1.29 is 18.3 Å². The molecule has 1 amide bonds. The molecule has 9 heteroatoms. The van der Waals surface area contributed by atoms with Gasteiger partial charge in [0.2, 0.25) is 0 Å². The molecule has 0 radical (unpaired) electrons. The third kappa shape index (κ3) is 4.10. The zero-order valence-electron chi connectivity index (χ0n) is 15.4. The van der Waals surface area contributed by atoms with E-state index in [4.69, 9.17) is 11.6 Å². The van der Waals surface area contributed by atoms with Gasteiger partial charge < -0.3 is 15.4 Å². The zero-order chi connectivity index (χ0) is 21.3. The number of nitrogens with one attached hydrogen (secondary N) is 3. The molecule has 0 bridgehead atoms. The first-order valence-electron chi connectivity index (χ1n) is 8.82. The molecule has 0 aliphatic rings. The lowest BCUT2D eigenvalue weighted by Crippen LogP contribution is -2.14. The summed E-state index contributed by atoms with van der Waals surface area (Å²) in [7, 11) is -3.87. The Hall–Kier alpha value is -3.49. The maximum atomic E-state index is 12.5. The molecule has 4 aromatic rings. The second kappa shape index (κ2) is 7.74. The number of halogens is 1. The van der Waals surface area contributed by atoms with Crippen LogP contribution >= 0.6 is 11.6 Å².